The second kappa shape index (κ2) is 8.13. The largest absolute Gasteiger partial charge is 0.427 e. The van der Waals surface area contributed by atoms with Gasteiger partial charge in [-0.1, -0.05) is 30.3 Å². The van der Waals surface area contributed by atoms with Crippen LogP contribution in [-0.4, -0.2) is 48.8 Å². The first kappa shape index (κ1) is 19.9. The molecule has 0 saturated carbocycles. The van der Waals surface area contributed by atoms with Crippen LogP contribution in [0.15, 0.2) is 45.6 Å². The molecule has 0 radical (unpaired) electrons. The van der Waals surface area contributed by atoms with Gasteiger partial charge in [-0.05, 0) is 42.9 Å². The van der Waals surface area contributed by atoms with Crippen molar-refractivity contribution in [3.8, 4) is 0 Å². The minimum atomic E-state index is -0.581. The van der Waals surface area contributed by atoms with Gasteiger partial charge in [0.05, 0.1) is 13.2 Å². The highest BCUT2D eigenvalue weighted by molar-refractivity contribution is 5.95. The molecular weight excluding hydrogens is 370 g/mol. The zero-order valence-corrected chi connectivity index (χ0v) is 16.7. The molecule has 2 aromatic rings. The summed E-state index contributed by atoms with van der Waals surface area (Å²) in [6.07, 6.45) is 2.19. The molecule has 154 valence electrons. The molecule has 6 heteroatoms. The van der Waals surface area contributed by atoms with Gasteiger partial charge in [-0.2, -0.15) is 0 Å². The highest BCUT2D eigenvalue weighted by atomic mass is 16.5. The molecule has 0 spiro atoms. The van der Waals surface area contributed by atoms with Crippen LogP contribution in [0.4, 0.5) is 0 Å². The van der Waals surface area contributed by atoms with Crippen LogP contribution in [-0.2, 0) is 17.6 Å². The number of aliphatic hydroxyl groups is 1. The van der Waals surface area contributed by atoms with Crippen molar-refractivity contribution in [1.29, 1.82) is 0 Å². The van der Waals surface area contributed by atoms with Crippen LogP contribution in [0.1, 0.15) is 33.7 Å². The summed E-state index contributed by atoms with van der Waals surface area (Å²) in [7, 11) is 0. The summed E-state index contributed by atoms with van der Waals surface area (Å²) in [5.74, 6) is 0.471. The number of aliphatic hydroxyl groups excluding tert-OH is 1. The molecule has 1 amide bonds. The first-order valence-electron chi connectivity index (χ1n) is 10.2. The van der Waals surface area contributed by atoms with E-state index in [0.717, 1.165) is 12.8 Å². The van der Waals surface area contributed by atoms with Crippen LogP contribution < -0.4 is 5.63 Å². The Morgan fingerprint density at radius 3 is 2.76 bits per heavy atom. The third-order valence-electron chi connectivity index (χ3n) is 6.33. The average molecular weight is 397 g/mol. The number of hydrogen-bond acceptors (Lipinski definition) is 5. The summed E-state index contributed by atoms with van der Waals surface area (Å²) in [5, 5.41) is 9.92. The van der Waals surface area contributed by atoms with E-state index in [4.69, 9.17) is 9.15 Å². The second-order valence-electron chi connectivity index (χ2n) is 8.29. The molecule has 2 fully saturated rings. The summed E-state index contributed by atoms with van der Waals surface area (Å²) in [5.41, 5.74) is 0.906. The molecule has 3 heterocycles. The van der Waals surface area contributed by atoms with E-state index in [1.54, 1.807) is 17.9 Å². The summed E-state index contributed by atoms with van der Waals surface area (Å²) in [6.45, 7) is 3.80. The topological polar surface area (TPSA) is 80.0 Å². The van der Waals surface area contributed by atoms with Crippen LogP contribution in [0.25, 0.3) is 0 Å². The zero-order valence-electron chi connectivity index (χ0n) is 16.7. The van der Waals surface area contributed by atoms with E-state index in [9.17, 15) is 14.7 Å². The Balaban J connectivity index is 1.51. The van der Waals surface area contributed by atoms with E-state index < -0.39 is 11.0 Å². The smallest absolute Gasteiger partial charge is 0.349 e. The van der Waals surface area contributed by atoms with Gasteiger partial charge in [0.1, 0.15) is 11.3 Å². The van der Waals surface area contributed by atoms with E-state index in [1.165, 1.54) is 5.56 Å². The lowest BCUT2D eigenvalue weighted by Gasteiger charge is -2.36. The highest BCUT2D eigenvalue weighted by Gasteiger charge is 2.49. The van der Waals surface area contributed by atoms with E-state index in [2.05, 4.69) is 0 Å². The summed E-state index contributed by atoms with van der Waals surface area (Å²) in [6, 6.07) is 11.8. The van der Waals surface area contributed by atoms with Crippen LogP contribution in [0.5, 0.6) is 0 Å². The number of benzene rings is 1. The summed E-state index contributed by atoms with van der Waals surface area (Å²) in [4.78, 5) is 27.4. The van der Waals surface area contributed by atoms with E-state index >= 15 is 0 Å². The van der Waals surface area contributed by atoms with E-state index in [0.29, 0.717) is 44.0 Å². The van der Waals surface area contributed by atoms with Crippen LogP contribution in [0, 0.1) is 18.3 Å². The molecule has 2 saturated heterocycles. The lowest BCUT2D eigenvalue weighted by molar-refractivity contribution is -0.0557. The van der Waals surface area contributed by atoms with Gasteiger partial charge in [0.15, 0.2) is 0 Å². The molecule has 6 nitrogen and oxygen atoms in total. The van der Waals surface area contributed by atoms with Crippen molar-refractivity contribution in [3.05, 3.63) is 69.3 Å². The first-order valence-corrected chi connectivity index (χ1v) is 10.2. The molecule has 1 N–H and O–H groups in total. The van der Waals surface area contributed by atoms with Gasteiger partial charge in [0, 0.05) is 31.5 Å². The van der Waals surface area contributed by atoms with Crippen LogP contribution in [0.2, 0.25) is 0 Å². The lowest BCUT2D eigenvalue weighted by atomic mass is 9.76. The van der Waals surface area contributed by atoms with Crippen molar-refractivity contribution in [2.75, 3.05) is 32.9 Å². The summed E-state index contributed by atoms with van der Waals surface area (Å²) >= 11 is 0. The Hall–Kier alpha value is -2.44. The third-order valence-corrected chi connectivity index (χ3v) is 6.33. The molecule has 1 aromatic carbocycles. The Bertz CT molecular complexity index is 938. The monoisotopic (exact) mass is 397 g/mol. The normalized spacial score (nSPS) is 23.8. The number of aryl methyl sites for hydroxylation is 3. The fourth-order valence-electron chi connectivity index (χ4n) is 4.60. The maximum Gasteiger partial charge on any atom is 0.349 e. The minimum Gasteiger partial charge on any atom is -0.427 e. The number of rotatable bonds is 5. The maximum absolute atomic E-state index is 13.1. The number of hydrogen-bond donors (Lipinski definition) is 1. The van der Waals surface area contributed by atoms with Gasteiger partial charge >= 0.3 is 5.63 Å². The molecule has 2 aliphatic heterocycles. The lowest BCUT2D eigenvalue weighted by Crippen LogP contribution is -2.43. The number of likely N-dealkylation sites (tertiary alicyclic amines) is 1. The number of carbonyl (C=O) groups is 1. The molecule has 0 aliphatic carbocycles. The van der Waals surface area contributed by atoms with Gasteiger partial charge in [-0.25, -0.2) is 4.79 Å². The standard InChI is InChI=1S/C23H27NO5/c1-16-11-19(8-7-17-5-3-2-4-6-17)29-22(27)20(16)21(26)24-12-18-9-10-28-15-23(18,13-24)14-25/h2-6,11,18,25H,7-10,12-15H2,1H3/t18-,23+/m0/s1. The Morgan fingerprint density at radius 2 is 2.07 bits per heavy atom. The van der Waals surface area contributed by atoms with Gasteiger partial charge in [-0.15, -0.1) is 0 Å². The molecule has 0 unspecified atom stereocenters. The van der Waals surface area contributed by atoms with Crippen molar-refractivity contribution in [2.24, 2.45) is 11.3 Å². The van der Waals surface area contributed by atoms with Gasteiger partial charge in [-0.3, -0.25) is 4.79 Å². The van der Waals surface area contributed by atoms with Gasteiger partial charge in [0.2, 0.25) is 0 Å². The number of ether oxygens (including phenoxy) is 1. The van der Waals surface area contributed by atoms with Gasteiger partial charge < -0.3 is 19.2 Å². The number of fused-ring (bicyclic) bond motifs is 1. The Morgan fingerprint density at radius 1 is 1.28 bits per heavy atom. The molecular formula is C23H27NO5. The van der Waals surface area contributed by atoms with E-state index in [-0.39, 0.29) is 24.0 Å². The van der Waals surface area contributed by atoms with Crippen molar-refractivity contribution >= 4 is 5.91 Å². The maximum atomic E-state index is 13.1. The molecule has 2 aliphatic rings. The predicted octanol–water partition coefficient (Wildman–Crippen LogP) is 2.20. The van der Waals surface area contributed by atoms with Crippen molar-refractivity contribution in [2.45, 2.75) is 26.2 Å². The quantitative estimate of drug-likeness (QED) is 0.837. The van der Waals surface area contributed by atoms with Crippen LogP contribution in [0.3, 0.4) is 0 Å². The summed E-state index contributed by atoms with van der Waals surface area (Å²) < 4.78 is 11.0. The fraction of sp³-hybridized carbons (Fsp3) is 0.478. The molecule has 2 atom stereocenters. The van der Waals surface area contributed by atoms with Crippen LogP contribution >= 0.6 is 0 Å². The Labute approximate surface area is 170 Å². The molecule has 4 rings (SSSR count). The predicted molar refractivity (Wildman–Crippen MR) is 108 cm³/mol. The van der Waals surface area contributed by atoms with Crippen molar-refractivity contribution in [3.63, 3.8) is 0 Å². The van der Waals surface area contributed by atoms with E-state index in [1.807, 2.05) is 30.3 Å². The molecule has 0 bridgehead atoms. The average Bonchev–Trinajstić information content (AvgIpc) is 3.13. The third kappa shape index (κ3) is 3.87. The highest BCUT2D eigenvalue weighted by Crippen LogP contribution is 2.41. The van der Waals surface area contributed by atoms with Crippen molar-refractivity contribution < 1.29 is 19.1 Å². The fourth-order valence-corrected chi connectivity index (χ4v) is 4.60. The Kier molecular flexibility index (Phi) is 5.56. The number of nitrogens with zero attached hydrogens (tertiary/aromatic N) is 1. The van der Waals surface area contributed by atoms with Gasteiger partial charge in [0.25, 0.3) is 5.91 Å². The molecule has 29 heavy (non-hydrogen) atoms. The second-order valence-corrected chi connectivity index (χ2v) is 8.29. The first-order chi connectivity index (χ1) is 14.0. The number of amides is 1. The minimum absolute atomic E-state index is 0.0204. The number of carbonyl (C=O) groups excluding carboxylic acids is 1. The zero-order chi connectivity index (χ0) is 20.4. The van der Waals surface area contributed by atoms with Crippen molar-refractivity contribution in [1.82, 2.24) is 4.90 Å². The molecule has 1 aromatic heterocycles. The SMILES string of the molecule is Cc1cc(CCc2ccccc2)oc(=O)c1C(=O)N1C[C@@H]2CCOC[C@]2(CO)C1.